The van der Waals surface area contributed by atoms with Gasteiger partial charge in [-0.3, -0.25) is 9.69 Å². The van der Waals surface area contributed by atoms with Crippen molar-refractivity contribution in [1.82, 2.24) is 9.80 Å². The Bertz CT molecular complexity index is 863. The Labute approximate surface area is 152 Å². The highest BCUT2D eigenvalue weighted by molar-refractivity contribution is 5.91. The van der Waals surface area contributed by atoms with Gasteiger partial charge in [-0.25, -0.2) is 0 Å². The maximum absolute atomic E-state index is 12.3. The molecule has 0 atom stereocenters. The highest BCUT2D eigenvalue weighted by atomic mass is 16.5. The number of ether oxygens (including phenoxy) is 1. The molecule has 1 amide bonds. The normalized spacial score (nSPS) is 15.3. The minimum atomic E-state index is -0.0262. The summed E-state index contributed by atoms with van der Waals surface area (Å²) in [5.74, 6) is 1.31. The second kappa shape index (κ2) is 7.62. The molecule has 26 heavy (non-hydrogen) atoms. The maximum Gasteiger partial charge on any atom is 0.289 e. The number of piperazine rings is 1. The standard InChI is InChI=1S/C21H22N2O3/c24-21(20-9-4-15-25-20)23-12-10-22(11-13-23)14-16-26-19-8-3-6-17-5-1-2-7-18(17)19/h1-9,15H,10-14,16H2. The lowest BCUT2D eigenvalue weighted by molar-refractivity contribution is 0.0590. The van der Waals surface area contributed by atoms with Gasteiger partial charge in [0.15, 0.2) is 5.76 Å². The van der Waals surface area contributed by atoms with E-state index in [-0.39, 0.29) is 5.91 Å². The molecule has 1 fully saturated rings. The van der Waals surface area contributed by atoms with Crippen LogP contribution in [0.4, 0.5) is 0 Å². The molecule has 0 saturated carbocycles. The lowest BCUT2D eigenvalue weighted by Gasteiger charge is -2.34. The van der Waals surface area contributed by atoms with Crippen LogP contribution in [0.5, 0.6) is 5.75 Å². The van der Waals surface area contributed by atoms with E-state index in [9.17, 15) is 4.79 Å². The highest BCUT2D eigenvalue weighted by Gasteiger charge is 2.23. The Hall–Kier alpha value is -2.79. The van der Waals surface area contributed by atoms with E-state index in [1.165, 1.54) is 11.6 Å². The summed E-state index contributed by atoms with van der Waals surface area (Å²) < 4.78 is 11.2. The van der Waals surface area contributed by atoms with Crippen LogP contribution in [0.3, 0.4) is 0 Å². The lowest BCUT2D eigenvalue weighted by atomic mass is 10.1. The van der Waals surface area contributed by atoms with Gasteiger partial charge >= 0.3 is 0 Å². The number of furan rings is 1. The number of amides is 1. The van der Waals surface area contributed by atoms with E-state index in [2.05, 4.69) is 23.1 Å². The molecule has 0 spiro atoms. The van der Waals surface area contributed by atoms with Gasteiger partial charge in [0.1, 0.15) is 12.4 Å². The fourth-order valence-electron chi connectivity index (χ4n) is 3.34. The second-order valence-corrected chi connectivity index (χ2v) is 6.44. The number of hydrogen-bond acceptors (Lipinski definition) is 4. The molecule has 0 bridgehead atoms. The van der Waals surface area contributed by atoms with E-state index >= 15 is 0 Å². The molecule has 5 heteroatoms. The average molecular weight is 350 g/mol. The molecule has 4 rings (SSSR count). The quantitative estimate of drug-likeness (QED) is 0.708. The molecule has 3 aromatic rings. The summed E-state index contributed by atoms with van der Waals surface area (Å²) in [6, 6.07) is 17.8. The molecule has 0 aliphatic carbocycles. The zero-order valence-electron chi connectivity index (χ0n) is 14.6. The first-order valence-electron chi connectivity index (χ1n) is 8.97. The molecule has 2 aromatic carbocycles. The van der Waals surface area contributed by atoms with E-state index in [1.54, 1.807) is 12.1 Å². The van der Waals surface area contributed by atoms with Crippen molar-refractivity contribution in [1.29, 1.82) is 0 Å². The van der Waals surface area contributed by atoms with Crippen molar-refractivity contribution in [3.63, 3.8) is 0 Å². The predicted molar refractivity (Wildman–Crippen MR) is 100 cm³/mol. The molecule has 134 valence electrons. The average Bonchev–Trinajstić information content (AvgIpc) is 3.23. The Balaban J connectivity index is 1.27. The van der Waals surface area contributed by atoms with E-state index < -0.39 is 0 Å². The number of hydrogen-bond donors (Lipinski definition) is 0. The minimum Gasteiger partial charge on any atom is -0.492 e. The number of nitrogens with zero attached hydrogens (tertiary/aromatic N) is 2. The SMILES string of the molecule is O=C(c1ccco1)N1CCN(CCOc2cccc3ccccc23)CC1. The van der Waals surface area contributed by atoms with Crippen molar-refractivity contribution in [3.05, 3.63) is 66.6 Å². The molecule has 1 saturated heterocycles. The summed E-state index contributed by atoms with van der Waals surface area (Å²) in [6.07, 6.45) is 1.54. The molecule has 0 unspecified atom stereocenters. The van der Waals surface area contributed by atoms with Gasteiger partial charge in [0.2, 0.25) is 0 Å². The molecule has 0 N–H and O–H groups in total. The smallest absolute Gasteiger partial charge is 0.289 e. The molecule has 5 nitrogen and oxygen atoms in total. The van der Waals surface area contributed by atoms with E-state index in [4.69, 9.17) is 9.15 Å². The molecule has 1 aliphatic rings. The van der Waals surface area contributed by atoms with Gasteiger partial charge in [-0.2, -0.15) is 0 Å². The van der Waals surface area contributed by atoms with Gasteiger partial charge < -0.3 is 14.1 Å². The van der Waals surface area contributed by atoms with Gasteiger partial charge in [-0.15, -0.1) is 0 Å². The fourth-order valence-corrected chi connectivity index (χ4v) is 3.34. The maximum atomic E-state index is 12.3. The van der Waals surface area contributed by atoms with Gasteiger partial charge in [0, 0.05) is 38.1 Å². The summed E-state index contributed by atoms with van der Waals surface area (Å²) in [5.41, 5.74) is 0. The molecule has 1 aromatic heterocycles. The monoisotopic (exact) mass is 350 g/mol. The van der Waals surface area contributed by atoms with Crippen molar-refractivity contribution in [2.45, 2.75) is 0 Å². The van der Waals surface area contributed by atoms with Crippen LogP contribution in [0.15, 0.2) is 65.3 Å². The minimum absolute atomic E-state index is 0.0262. The van der Waals surface area contributed by atoms with Crippen LogP contribution in [0.1, 0.15) is 10.6 Å². The van der Waals surface area contributed by atoms with Crippen molar-refractivity contribution >= 4 is 16.7 Å². The second-order valence-electron chi connectivity index (χ2n) is 6.44. The van der Waals surface area contributed by atoms with Crippen LogP contribution in [0.25, 0.3) is 10.8 Å². The first kappa shape index (κ1) is 16.7. The Morgan fingerprint density at radius 1 is 0.962 bits per heavy atom. The Kier molecular flexibility index (Phi) is 4.88. The van der Waals surface area contributed by atoms with Gasteiger partial charge in [-0.1, -0.05) is 36.4 Å². The van der Waals surface area contributed by atoms with Crippen molar-refractivity contribution < 1.29 is 13.9 Å². The van der Waals surface area contributed by atoms with Crippen LogP contribution in [-0.4, -0.2) is 55.0 Å². The highest BCUT2D eigenvalue weighted by Crippen LogP contribution is 2.25. The third-order valence-corrected chi connectivity index (χ3v) is 4.81. The molecular formula is C21H22N2O3. The first-order valence-corrected chi connectivity index (χ1v) is 8.97. The number of fused-ring (bicyclic) bond motifs is 1. The number of benzene rings is 2. The zero-order valence-corrected chi connectivity index (χ0v) is 14.6. The fraction of sp³-hybridized carbons (Fsp3) is 0.286. The van der Waals surface area contributed by atoms with Crippen LogP contribution in [0, 0.1) is 0 Å². The number of rotatable bonds is 5. The van der Waals surface area contributed by atoms with E-state index in [0.717, 1.165) is 30.8 Å². The number of carbonyl (C=O) groups excluding carboxylic acids is 1. The summed E-state index contributed by atoms with van der Waals surface area (Å²) in [4.78, 5) is 16.5. The van der Waals surface area contributed by atoms with E-state index in [0.29, 0.717) is 25.5 Å². The molecule has 2 heterocycles. The Morgan fingerprint density at radius 2 is 1.77 bits per heavy atom. The summed E-state index contributed by atoms with van der Waals surface area (Å²) >= 11 is 0. The molecule has 1 aliphatic heterocycles. The Morgan fingerprint density at radius 3 is 2.58 bits per heavy atom. The molecular weight excluding hydrogens is 328 g/mol. The first-order chi connectivity index (χ1) is 12.8. The third kappa shape index (κ3) is 3.58. The van der Waals surface area contributed by atoms with Crippen molar-refractivity contribution in [2.24, 2.45) is 0 Å². The lowest BCUT2D eigenvalue weighted by Crippen LogP contribution is -2.49. The van der Waals surface area contributed by atoms with Crippen molar-refractivity contribution in [2.75, 3.05) is 39.3 Å². The summed E-state index contributed by atoms with van der Waals surface area (Å²) in [5, 5.41) is 2.33. The summed E-state index contributed by atoms with van der Waals surface area (Å²) in [7, 11) is 0. The van der Waals surface area contributed by atoms with Gasteiger partial charge in [-0.05, 0) is 23.6 Å². The van der Waals surface area contributed by atoms with Crippen LogP contribution in [0.2, 0.25) is 0 Å². The molecule has 0 radical (unpaired) electrons. The van der Waals surface area contributed by atoms with Crippen LogP contribution in [-0.2, 0) is 0 Å². The van der Waals surface area contributed by atoms with Gasteiger partial charge in [0.05, 0.1) is 6.26 Å². The van der Waals surface area contributed by atoms with E-state index in [1.807, 2.05) is 29.2 Å². The zero-order chi connectivity index (χ0) is 17.8. The van der Waals surface area contributed by atoms with Crippen molar-refractivity contribution in [3.8, 4) is 5.75 Å². The third-order valence-electron chi connectivity index (χ3n) is 4.81. The van der Waals surface area contributed by atoms with Gasteiger partial charge in [0.25, 0.3) is 5.91 Å². The number of carbonyl (C=O) groups is 1. The van der Waals surface area contributed by atoms with Crippen LogP contribution >= 0.6 is 0 Å². The predicted octanol–water partition coefficient (Wildman–Crippen LogP) is 3.27. The summed E-state index contributed by atoms with van der Waals surface area (Å²) in [6.45, 7) is 4.63. The largest absolute Gasteiger partial charge is 0.492 e. The van der Waals surface area contributed by atoms with Crippen LogP contribution < -0.4 is 4.74 Å². The topological polar surface area (TPSA) is 45.9 Å².